The van der Waals surface area contributed by atoms with Gasteiger partial charge in [-0.05, 0) is 31.5 Å². The molecule has 0 spiro atoms. The van der Waals surface area contributed by atoms with Crippen molar-refractivity contribution in [2.24, 2.45) is 5.14 Å². The summed E-state index contributed by atoms with van der Waals surface area (Å²) in [4.78, 5) is 2.12. The smallest absolute Gasteiger partial charge is 0.238 e. The van der Waals surface area contributed by atoms with Gasteiger partial charge in [-0.1, -0.05) is 6.92 Å². The number of nitrogen functional groups attached to an aromatic ring is 1. The number of nitrogens with zero attached hydrogens (tertiary/aromatic N) is 1. The number of rotatable bonds is 5. The third-order valence-electron chi connectivity index (χ3n) is 2.48. The molecule has 0 saturated heterocycles. The lowest BCUT2D eigenvalue weighted by molar-refractivity contribution is 0.598. The van der Waals surface area contributed by atoms with Crippen molar-refractivity contribution in [3.8, 4) is 0 Å². The highest BCUT2D eigenvalue weighted by Gasteiger charge is 2.12. The van der Waals surface area contributed by atoms with Crippen LogP contribution in [0.1, 0.15) is 20.3 Å². The van der Waals surface area contributed by atoms with Gasteiger partial charge in [0.05, 0.1) is 4.90 Å². The maximum absolute atomic E-state index is 11.3. The van der Waals surface area contributed by atoms with Crippen molar-refractivity contribution in [3.05, 3.63) is 18.2 Å². The monoisotopic (exact) mass is 257 g/mol. The minimum Gasteiger partial charge on any atom is -0.399 e. The first-order valence-corrected chi connectivity index (χ1v) is 7.11. The highest BCUT2D eigenvalue weighted by Crippen LogP contribution is 2.23. The minimum atomic E-state index is -3.71. The van der Waals surface area contributed by atoms with Gasteiger partial charge in [-0.15, -0.1) is 0 Å². The predicted octanol–water partition coefficient (Wildman–Crippen LogP) is 1.15. The molecule has 0 unspecified atom stereocenters. The molecular weight excluding hydrogens is 238 g/mol. The SMILES string of the molecule is CCCN(CC)c1cc(N)cc(S(N)(=O)=O)c1. The Morgan fingerprint density at radius 3 is 2.35 bits per heavy atom. The fraction of sp³-hybridized carbons (Fsp3) is 0.455. The van der Waals surface area contributed by atoms with Crippen LogP contribution in [-0.4, -0.2) is 21.5 Å². The third kappa shape index (κ3) is 3.61. The van der Waals surface area contributed by atoms with Gasteiger partial charge in [0, 0.05) is 24.5 Å². The molecule has 5 nitrogen and oxygen atoms in total. The second-order valence-corrected chi connectivity index (χ2v) is 5.45. The average Bonchev–Trinajstić information content (AvgIpc) is 2.23. The Labute approximate surface area is 102 Å². The molecule has 0 fully saturated rings. The van der Waals surface area contributed by atoms with Crippen LogP contribution in [0.25, 0.3) is 0 Å². The Morgan fingerprint density at radius 1 is 1.24 bits per heavy atom. The third-order valence-corrected chi connectivity index (χ3v) is 3.38. The van der Waals surface area contributed by atoms with Crippen LogP contribution in [0.5, 0.6) is 0 Å². The molecule has 0 bridgehead atoms. The van der Waals surface area contributed by atoms with Crippen molar-refractivity contribution < 1.29 is 8.42 Å². The molecule has 0 amide bonds. The van der Waals surface area contributed by atoms with E-state index < -0.39 is 10.0 Å². The number of benzene rings is 1. The molecule has 0 saturated carbocycles. The van der Waals surface area contributed by atoms with E-state index in [1.54, 1.807) is 12.1 Å². The van der Waals surface area contributed by atoms with E-state index in [4.69, 9.17) is 10.9 Å². The van der Waals surface area contributed by atoms with E-state index in [1.807, 2.05) is 6.92 Å². The van der Waals surface area contributed by atoms with Gasteiger partial charge in [-0.25, -0.2) is 13.6 Å². The van der Waals surface area contributed by atoms with E-state index in [9.17, 15) is 8.42 Å². The largest absolute Gasteiger partial charge is 0.399 e. The maximum atomic E-state index is 11.3. The molecule has 0 aliphatic heterocycles. The second-order valence-electron chi connectivity index (χ2n) is 3.88. The first-order valence-electron chi connectivity index (χ1n) is 5.56. The lowest BCUT2D eigenvalue weighted by Crippen LogP contribution is -2.24. The summed E-state index contributed by atoms with van der Waals surface area (Å²) in [5, 5.41) is 5.11. The number of anilines is 2. The van der Waals surface area contributed by atoms with Gasteiger partial charge in [-0.3, -0.25) is 0 Å². The van der Waals surface area contributed by atoms with Gasteiger partial charge in [-0.2, -0.15) is 0 Å². The van der Waals surface area contributed by atoms with Crippen LogP contribution in [-0.2, 0) is 10.0 Å². The molecule has 0 aliphatic rings. The van der Waals surface area contributed by atoms with Crippen molar-refractivity contribution in [1.29, 1.82) is 0 Å². The summed E-state index contributed by atoms with van der Waals surface area (Å²) in [5.74, 6) is 0. The van der Waals surface area contributed by atoms with E-state index in [0.717, 1.165) is 25.2 Å². The molecule has 0 radical (unpaired) electrons. The van der Waals surface area contributed by atoms with E-state index in [0.29, 0.717) is 5.69 Å². The van der Waals surface area contributed by atoms with Crippen molar-refractivity contribution in [1.82, 2.24) is 0 Å². The van der Waals surface area contributed by atoms with Crippen LogP contribution in [0.3, 0.4) is 0 Å². The fourth-order valence-electron chi connectivity index (χ4n) is 1.69. The van der Waals surface area contributed by atoms with Crippen LogP contribution in [0.15, 0.2) is 23.1 Å². The summed E-state index contributed by atoms with van der Waals surface area (Å²) in [7, 11) is -3.71. The van der Waals surface area contributed by atoms with Gasteiger partial charge in [0.25, 0.3) is 0 Å². The molecule has 4 N–H and O–H groups in total. The van der Waals surface area contributed by atoms with Gasteiger partial charge in [0.2, 0.25) is 10.0 Å². The number of sulfonamides is 1. The molecule has 1 aromatic rings. The van der Waals surface area contributed by atoms with E-state index in [-0.39, 0.29) is 4.90 Å². The summed E-state index contributed by atoms with van der Waals surface area (Å²) in [6, 6.07) is 4.69. The number of hydrogen-bond donors (Lipinski definition) is 2. The molecule has 0 atom stereocenters. The normalized spacial score (nSPS) is 11.5. The molecule has 17 heavy (non-hydrogen) atoms. The predicted molar refractivity (Wildman–Crippen MR) is 70.4 cm³/mol. The van der Waals surface area contributed by atoms with Gasteiger partial charge in [0.15, 0.2) is 0 Å². The van der Waals surface area contributed by atoms with E-state index >= 15 is 0 Å². The van der Waals surface area contributed by atoms with Crippen molar-refractivity contribution in [2.75, 3.05) is 23.7 Å². The molecule has 0 aliphatic carbocycles. The number of nitrogens with two attached hydrogens (primary N) is 2. The molecule has 6 heteroatoms. The summed E-state index contributed by atoms with van der Waals surface area (Å²) in [6.45, 7) is 5.72. The zero-order valence-corrected chi connectivity index (χ0v) is 11.0. The highest BCUT2D eigenvalue weighted by molar-refractivity contribution is 7.89. The van der Waals surface area contributed by atoms with Crippen molar-refractivity contribution in [3.63, 3.8) is 0 Å². The van der Waals surface area contributed by atoms with E-state index in [2.05, 4.69) is 11.8 Å². The average molecular weight is 257 g/mol. The molecule has 1 aromatic carbocycles. The van der Waals surface area contributed by atoms with Crippen molar-refractivity contribution in [2.45, 2.75) is 25.2 Å². The standard InChI is InChI=1S/C11H19N3O2S/c1-3-5-14(4-2)10-6-9(12)7-11(8-10)17(13,15)16/h6-8H,3-5,12H2,1-2H3,(H2,13,15,16). The molecular formula is C11H19N3O2S. The quantitative estimate of drug-likeness (QED) is 0.774. The Balaban J connectivity index is 3.21. The summed E-state index contributed by atoms with van der Waals surface area (Å²) < 4.78 is 22.6. The zero-order valence-electron chi connectivity index (χ0n) is 10.2. The van der Waals surface area contributed by atoms with Crippen LogP contribution in [0.4, 0.5) is 11.4 Å². The Kier molecular flexibility index (Phi) is 4.36. The Bertz CT molecular complexity index is 485. The van der Waals surface area contributed by atoms with Crippen molar-refractivity contribution >= 4 is 21.4 Å². The van der Waals surface area contributed by atoms with Crippen LogP contribution < -0.4 is 15.8 Å². The zero-order chi connectivity index (χ0) is 13.1. The van der Waals surface area contributed by atoms with Crippen LogP contribution >= 0.6 is 0 Å². The minimum absolute atomic E-state index is 0.0575. The fourth-order valence-corrected chi connectivity index (χ4v) is 2.28. The van der Waals surface area contributed by atoms with Crippen LogP contribution in [0.2, 0.25) is 0 Å². The first kappa shape index (κ1) is 13.8. The topological polar surface area (TPSA) is 89.4 Å². The molecule has 0 aromatic heterocycles. The lowest BCUT2D eigenvalue weighted by atomic mass is 10.2. The second kappa shape index (κ2) is 5.37. The summed E-state index contributed by atoms with van der Waals surface area (Å²) >= 11 is 0. The van der Waals surface area contributed by atoms with Gasteiger partial charge in [0.1, 0.15) is 0 Å². The number of hydrogen-bond acceptors (Lipinski definition) is 4. The molecule has 1 rings (SSSR count). The molecule has 0 heterocycles. The summed E-state index contributed by atoms with van der Waals surface area (Å²) in [5.41, 5.74) is 6.89. The Hall–Kier alpha value is -1.27. The first-order chi connectivity index (χ1) is 7.88. The molecule has 96 valence electrons. The summed E-state index contributed by atoms with van der Waals surface area (Å²) in [6.07, 6.45) is 0.980. The highest BCUT2D eigenvalue weighted by atomic mass is 32.2. The number of primary sulfonamides is 1. The van der Waals surface area contributed by atoms with Gasteiger partial charge >= 0.3 is 0 Å². The maximum Gasteiger partial charge on any atom is 0.238 e. The lowest BCUT2D eigenvalue weighted by Gasteiger charge is -2.23. The van der Waals surface area contributed by atoms with Gasteiger partial charge < -0.3 is 10.6 Å². The Morgan fingerprint density at radius 2 is 1.88 bits per heavy atom. The van der Waals surface area contributed by atoms with Crippen LogP contribution in [0, 0.1) is 0 Å². The van der Waals surface area contributed by atoms with E-state index in [1.165, 1.54) is 6.07 Å².